The lowest BCUT2D eigenvalue weighted by molar-refractivity contribution is -0.133. The van der Waals surface area contributed by atoms with Crippen LogP contribution in [0.3, 0.4) is 0 Å². The number of hydrogen-bond acceptors (Lipinski definition) is 3. The Labute approximate surface area is 150 Å². The average Bonchev–Trinajstić information content (AvgIpc) is 3.46. The molecule has 2 fully saturated rings. The molecule has 1 saturated carbocycles. The molecule has 0 bridgehead atoms. The first-order valence-electron chi connectivity index (χ1n) is 9.56. The van der Waals surface area contributed by atoms with Gasteiger partial charge in [0.25, 0.3) is 0 Å². The van der Waals surface area contributed by atoms with Gasteiger partial charge in [-0.05, 0) is 32.1 Å². The SMILES string of the molecule is CC(C)(CNC(=O)NC1CCN(C(=O)C2CC2)CC1)C1=CCOCC1. The van der Waals surface area contributed by atoms with Crippen LogP contribution in [-0.4, -0.2) is 55.7 Å². The van der Waals surface area contributed by atoms with E-state index in [9.17, 15) is 9.59 Å². The molecule has 0 aromatic heterocycles. The molecule has 0 atom stereocenters. The van der Waals surface area contributed by atoms with Crippen molar-refractivity contribution in [2.24, 2.45) is 11.3 Å². The molecule has 0 radical (unpaired) electrons. The zero-order valence-corrected chi connectivity index (χ0v) is 15.5. The van der Waals surface area contributed by atoms with Crippen LogP contribution in [0, 0.1) is 11.3 Å². The third-order valence-corrected chi connectivity index (χ3v) is 5.59. The number of likely N-dealkylation sites (tertiary alicyclic amines) is 1. The Kier molecular flexibility index (Phi) is 5.67. The molecule has 0 aromatic rings. The predicted molar refractivity (Wildman–Crippen MR) is 96.2 cm³/mol. The van der Waals surface area contributed by atoms with Crippen LogP contribution >= 0.6 is 0 Å². The second-order valence-corrected chi connectivity index (χ2v) is 8.14. The van der Waals surface area contributed by atoms with E-state index in [2.05, 4.69) is 30.6 Å². The Morgan fingerprint density at radius 1 is 1.24 bits per heavy atom. The van der Waals surface area contributed by atoms with Gasteiger partial charge < -0.3 is 20.3 Å². The van der Waals surface area contributed by atoms with Crippen molar-refractivity contribution < 1.29 is 14.3 Å². The lowest BCUT2D eigenvalue weighted by Gasteiger charge is -2.33. The number of carbonyl (C=O) groups is 2. The van der Waals surface area contributed by atoms with Crippen LogP contribution < -0.4 is 10.6 Å². The lowest BCUT2D eigenvalue weighted by atomic mass is 9.81. The van der Waals surface area contributed by atoms with E-state index in [1.54, 1.807) is 0 Å². The normalized spacial score (nSPS) is 22.3. The topological polar surface area (TPSA) is 70.7 Å². The third kappa shape index (κ3) is 4.97. The zero-order chi connectivity index (χ0) is 17.9. The van der Waals surface area contributed by atoms with Gasteiger partial charge in [0.2, 0.25) is 5.91 Å². The summed E-state index contributed by atoms with van der Waals surface area (Å²) in [5.74, 6) is 0.601. The van der Waals surface area contributed by atoms with Crippen molar-refractivity contribution in [2.75, 3.05) is 32.8 Å². The molecule has 3 rings (SSSR count). The van der Waals surface area contributed by atoms with Gasteiger partial charge in [-0.2, -0.15) is 0 Å². The van der Waals surface area contributed by atoms with Crippen molar-refractivity contribution in [3.8, 4) is 0 Å². The number of hydrogen-bond donors (Lipinski definition) is 2. The van der Waals surface area contributed by atoms with Crippen molar-refractivity contribution >= 4 is 11.9 Å². The summed E-state index contributed by atoms with van der Waals surface area (Å²) < 4.78 is 5.36. The largest absolute Gasteiger partial charge is 0.377 e. The first-order valence-corrected chi connectivity index (χ1v) is 9.56. The number of nitrogens with zero attached hydrogens (tertiary/aromatic N) is 1. The average molecular weight is 349 g/mol. The molecule has 6 heteroatoms. The fourth-order valence-electron chi connectivity index (χ4n) is 3.63. The van der Waals surface area contributed by atoms with Gasteiger partial charge in [-0.1, -0.05) is 25.5 Å². The quantitative estimate of drug-likeness (QED) is 0.747. The van der Waals surface area contributed by atoms with Gasteiger partial charge in [0.05, 0.1) is 13.2 Å². The number of urea groups is 1. The Hall–Kier alpha value is -1.56. The number of carbonyl (C=O) groups excluding carboxylic acids is 2. The second-order valence-electron chi connectivity index (χ2n) is 8.14. The molecular weight excluding hydrogens is 318 g/mol. The maximum absolute atomic E-state index is 12.2. The van der Waals surface area contributed by atoms with Gasteiger partial charge in [-0.15, -0.1) is 0 Å². The third-order valence-electron chi connectivity index (χ3n) is 5.59. The van der Waals surface area contributed by atoms with Crippen molar-refractivity contribution in [3.05, 3.63) is 11.6 Å². The van der Waals surface area contributed by atoms with Crippen LogP contribution in [0.25, 0.3) is 0 Å². The van der Waals surface area contributed by atoms with Crippen LogP contribution in [0.2, 0.25) is 0 Å². The smallest absolute Gasteiger partial charge is 0.315 e. The van der Waals surface area contributed by atoms with E-state index < -0.39 is 0 Å². The lowest BCUT2D eigenvalue weighted by Crippen LogP contribution is -2.50. The molecule has 25 heavy (non-hydrogen) atoms. The fourth-order valence-corrected chi connectivity index (χ4v) is 3.63. The van der Waals surface area contributed by atoms with Crippen molar-refractivity contribution in [1.82, 2.24) is 15.5 Å². The Bertz CT molecular complexity index is 532. The summed E-state index contributed by atoms with van der Waals surface area (Å²) in [5.41, 5.74) is 1.30. The van der Waals surface area contributed by atoms with Gasteiger partial charge in [0.1, 0.15) is 0 Å². The minimum Gasteiger partial charge on any atom is -0.377 e. The summed E-state index contributed by atoms with van der Waals surface area (Å²) in [5, 5.41) is 6.08. The van der Waals surface area contributed by atoms with Crippen LogP contribution in [0.1, 0.15) is 46.0 Å². The standard InChI is InChI=1S/C19H31N3O3/c1-19(2,15-7-11-25-12-8-15)13-20-18(24)21-16-5-9-22(10-6-16)17(23)14-3-4-14/h7,14,16H,3-6,8-13H2,1-2H3,(H2,20,21,24). The molecule has 140 valence electrons. The molecule has 2 N–H and O–H groups in total. The van der Waals surface area contributed by atoms with Gasteiger partial charge in [0.15, 0.2) is 0 Å². The van der Waals surface area contributed by atoms with E-state index in [0.717, 1.165) is 51.8 Å². The van der Waals surface area contributed by atoms with Crippen molar-refractivity contribution in [1.29, 1.82) is 0 Å². The molecule has 3 amide bonds. The highest BCUT2D eigenvalue weighted by Crippen LogP contribution is 2.32. The van der Waals surface area contributed by atoms with E-state index in [0.29, 0.717) is 19.1 Å². The summed E-state index contributed by atoms with van der Waals surface area (Å²) in [6.07, 6.45) is 6.87. The second kappa shape index (κ2) is 7.77. The van der Waals surface area contributed by atoms with E-state index in [4.69, 9.17) is 4.74 Å². The molecule has 2 heterocycles. The molecule has 2 aliphatic heterocycles. The molecule has 0 aromatic carbocycles. The highest BCUT2D eigenvalue weighted by Gasteiger charge is 2.35. The first-order chi connectivity index (χ1) is 12.0. The minimum absolute atomic E-state index is 0.0544. The van der Waals surface area contributed by atoms with E-state index in [1.165, 1.54) is 5.57 Å². The number of rotatable bonds is 5. The van der Waals surface area contributed by atoms with E-state index in [-0.39, 0.29) is 23.4 Å². The molecule has 0 spiro atoms. The van der Waals surface area contributed by atoms with Gasteiger partial charge in [-0.3, -0.25) is 4.79 Å². The summed E-state index contributed by atoms with van der Waals surface area (Å²) in [4.78, 5) is 26.3. The Balaban J connectivity index is 1.38. The minimum atomic E-state index is -0.104. The number of nitrogens with one attached hydrogen (secondary N) is 2. The van der Waals surface area contributed by atoms with E-state index >= 15 is 0 Å². The summed E-state index contributed by atoms with van der Waals surface area (Å²) >= 11 is 0. The van der Waals surface area contributed by atoms with Crippen LogP contribution in [0.5, 0.6) is 0 Å². The predicted octanol–water partition coefficient (Wildman–Crippen LogP) is 2.06. The molecule has 1 saturated heterocycles. The highest BCUT2D eigenvalue weighted by atomic mass is 16.5. The Morgan fingerprint density at radius 3 is 2.56 bits per heavy atom. The van der Waals surface area contributed by atoms with Crippen LogP contribution in [0.4, 0.5) is 4.79 Å². The summed E-state index contributed by atoms with van der Waals surface area (Å²) in [7, 11) is 0. The number of piperidine rings is 1. The molecular formula is C19H31N3O3. The molecule has 1 aliphatic carbocycles. The van der Waals surface area contributed by atoms with Gasteiger partial charge in [0, 0.05) is 37.0 Å². The molecule has 3 aliphatic rings. The maximum Gasteiger partial charge on any atom is 0.315 e. The zero-order valence-electron chi connectivity index (χ0n) is 15.5. The number of ether oxygens (including phenoxy) is 1. The summed E-state index contributed by atoms with van der Waals surface area (Å²) in [6.45, 7) is 7.89. The monoisotopic (exact) mass is 349 g/mol. The fraction of sp³-hybridized carbons (Fsp3) is 0.789. The van der Waals surface area contributed by atoms with Gasteiger partial charge >= 0.3 is 6.03 Å². The molecule has 6 nitrogen and oxygen atoms in total. The molecule has 0 unspecified atom stereocenters. The highest BCUT2D eigenvalue weighted by molar-refractivity contribution is 5.81. The first kappa shape index (κ1) is 18.2. The van der Waals surface area contributed by atoms with Crippen molar-refractivity contribution in [3.63, 3.8) is 0 Å². The maximum atomic E-state index is 12.2. The van der Waals surface area contributed by atoms with Crippen molar-refractivity contribution in [2.45, 2.75) is 52.0 Å². The summed E-state index contributed by atoms with van der Waals surface area (Å²) in [6, 6.07) is 0.0568. The number of amides is 3. The van der Waals surface area contributed by atoms with Gasteiger partial charge in [-0.25, -0.2) is 4.79 Å². The van der Waals surface area contributed by atoms with E-state index in [1.807, 2.05) is 4.90 Å². The van der Waals surface area contributed by atoms with Crippen LogP contribution in [-0.2, 0) is 9.53 Å². The Morgan fingerprint density at radius 2 is 1.96 bits per heavy atom. The van der Waals surface area contributed by atoms with Crippen LogP contribution in [0.15, 0.2) is 11.6 Å².